The van der Waals surface area contributed by atoms with E-state index in [9.17, 15) is 4.79 Å². The average molecular weight is 287 g/mol. The first-order chi connectivity index (χ1) is 10.2. The molecule has 0 aliphatic heterocycles. The molecular formula is C15H21N5O. The van der Waals surface area contributed by atoms with E-state index in [0.717, 1.165) is 6.42 Å². The fourth-order valence-corrected chi connectivity index (χ4v) is 2.12. The van der Waals surface area contributed by atoms with Crippen LogP contribution >= 0.6 is 0 Å². The number of aromatic nitrogens is 3. The van der Waals surface area contributed by atoms with Gasteiger partial charge in [-0.25, -0.2) is 4.68 Å². The number of benzene rings is 1. The molecule has 1 heterocycles. The summed E-state index contributed by atoms with van der Waals surface area (Å²) in [5.74, 6) is 0.0434. The summed E-state index contributed by atoms with van der Waals surface area (Å²) in [6.45, 7) is 3.91. The van der Waals surface area contributed by atoms with E-state index >= 15 is 0 Å². The highest BCUT2D eigenvalue weighted by molar-refractivity contribution is 5.75. The maximum atomic E-state index is 12.3. The van der Waals surface area contributed by atoms with E-state index in [4.69, 9.17) is 5.73 Å². The summed E-state index contributed by atoms with van der Waals surface area (Å²) in [5, 5.41) is 7.78. The average Bonchev–Trinajstić information content (AvgIpc) is 2.96. The first-order valence-electron chi connectivity index (χ1n) is 7.13. The van der Waals surface area contributed by atoms with Crippen LogP contribution in [0.4, 0.5) is 0 Å². The third-order valence-corrected chi connectivity index (χ3v) is 3.34. The second kappa shape index (κ2) is 7.54. The predicted octanol–water partition coefficient (Wildman–Crippen LogP) is 0.828. The van der Waals surface area contributed by atoms with E-state index in [1.54, 1.807) is 6.20 Å². The molecule has 0 aliphatic rings. The van der Waals surface area contributed by atoms with Crippen LogP contribution < -0.4 is 5.73 Å². The lowest BCUT2D eigenvalue weighted by Gasteiger charge is -2.20. The fourth-order valence-electron chi connectivity index (χ4n) is 2.12. The van der Waals surface area contributed by atoms with E-state index in [1.807, 2.05) is 30.0 Å². The molecule has 0 fully saturated rings. The third kappa shape index (κ3) is 4.39. The van der Waals surface area contributed by atoms with Crippen molar-refractivity contribution in [2.75, 3.05) is 13.1 Å². The molecule has 1 amide bonds. The topological polar surface area (TPSA) is 77.0 Å². The minimum Gasteiger partial charge on any atom is -0.341 e. The molecule has 2 aromatic rings. The van der Waals surface area contributed by atoms with Gasteiger partial charge in [-0.1, -0.05) is 35.5 Å². The largest absolute Gasteiger partial charge is 0.341 e. The summed E-state index contributed by atoms with van der Waals surface area (Å²) in [4.78, 5) is 14.1. The predicted molar refractivity (Wildman–Crippen MR) is 80.3 cm³/mol. The lowest BCUT2D eigenvalue weighted by Crippen LogP contribution is -2.35. The van der Waals surface area contributed by atoms with Gasteiger partial charge in [-0.3, -0.25) is 4.79 Å². The Balaban J connectivity index is 1.89. The van der Waals surface area contributed by atoms with Gasteiger partial charge in [0.1, 0.15) is 6.54 Å². The molecule has 0 saturated carbocycles. The van der Waals surface area contributed by atoms with Crippen LogP contribution in [-0.2, 0) is 24.3 Å². The number of hydrogen-bond acceptors (Lipinski definition) is 4. The molecule has 6 nitrogen and oxygen atoms in total. The second-order valence-corrected chi connectivity index (χ2v) is 4.82. The Morgan fingerprint density at radius 1 is 1.33 bits per heavy atom. The van der Waals surface area contributed by atoms with Crippen molar-refractivity contribution in [3.63, 3.8) is 0 Å². The summed E-state index contributed by atoms with van der Waals surface area (Å²) in [5.41, 5.74) is 7.40. The number of carbonyl (C=O) groups is 1. The highest BCUT2D eigenvalue weighted by atomic mass is 16.2. The second-order valence-electron chi connectivity index (χ2n) is 4.82. The van der Waals surface area contributed by atoms with Gasteiger partial charge in [0.15, 0.2) is 0 Å². The first-order valence-corrected chi connectivity index (χ1v) is 7.13. The molecule has 0 bridgehead atoms. The molecule has 1 aromatic carbocycles. The Hall–Kier alpha value is -2.21. The maximum absolute atomic E-state index is 12.3. The lowest BCUT2D eigenvalue weighted by molar-refractivity contribution is -0.131. The van der Waals surface area contributed by atoms with Crippen LogP contribution in [0, 0.1) is 0 Å². The molecule has 6 heteroatoms. The van der Waals surface area contributed by atoms with Gasteiger partial charge in [0.25, 0.3) is 0 Å². The van der Waals surface area contributed by atoms with Crippen LogP contribution in [0.2, 0.25) is 0 Å². The van der Waals surface area contributed by atoms with Crippen LogP contribution in [0.5, 0.6) is 0 Å². The molecule has 112 valence electrons. The molecule has 0 aliphatic carbocycles. The lowest BCUT2D eigenvalue weighted by atomic mass is 10.1. The summed E-state index contributed by atoms with van der Waals surface area (Å²) >= 11 is 0. The number of nitrogens with two attached hydrogens (primary N) is 1. The number of amides is 1. The van der Waals surface area contributed by atoms with Gasteiger partial charge in [0.05, 0.1) is 11.9 Å². The number of carbonyl (C=O) groups excluding carboxylic acids is 1. The monoisotopic (exact) mass is 287 g/mol. The van der Waals surface area contributed by atoms with Crippen molar-refractivity contribution < 1.29 is 4.79 Å². The molecule has 0 atom stereocenters. The highest BCUT2D eigenvalue weighted by Crippen LogP contribution is 2.03. The Labute approximate surface area is 124 Å². The summed E-state index contributed by atoms with van der Waals surface area (Å²) in [6, 6.07) is 10.2. The van der Waals surface area contributed by atoms with Crippen molar-refractivity contribution in [3.05, 3.63) is 47.8 Å². The van der Waals surface area contributed by atoms with Crippen LogP contribution in [0.3, 0.4) is 0 Å². The van der Waals surface area contributed by atoms with E-state index in [0.29, 0.717) is 25.3 Å². The number of nitrogens with zero attached hydrogens (tertiary/aromatic N) is 4. The van der Waals surface area contributed by atoms with E-state index in [1.165, 1.54) is 10.2 Å². The smallest absolute Gasteiger partial charge is 0.244 e. The Kier molecular flexibility index (Phi) is 5.45. The van der Waals surface area contributed by atoms with Gasteiger partial charge < -0.3 is 10.6 Å². The molecule has 2 N–H and O–H groups in total. The van der Waals surface area contributed by atoms with Crippen molar-refractivity contribution in [2.24, 2.45) is 5.73 Å². The molecule has 2 rings (SSSR count). The van der Waals surface area contributed by atoms with Gasteiger partial charge in [0, 0.05) is 19.6 Å². The molecular weight excluding hydrogens is 266 g/mol. The van der Waals surface area contributed by atoms with Crippen molar-refractivity contribution in [1.82, 2.24) is 19.9 Å². The highest BCUT2D eigenvalue weighted by Gasteiger charge is 2.13. The van der Waals surface area contributed by atoms with Gasteiger partial charge in [-0.05, 0) is 18.9 Å². The van der Waals surface area contributed by atoms with Crippen LogP contribution in [0.1, 0.15) is 18.2 Å². The van der Waals surface area contributed by atoms with Crippen molar-refractivity contribution in [2.45, 2.75) is 26.4 Å². The fraction of sp³-hybridized carbons (Fsp3) is 0.400. The maximum Gasteiger partial charge on any atom is 0.244 e. The number of rotatable bonds is 7. The van der Waals surface area contributed by atoms with Gasteiger partial charge in [-0.15, -0.1) is 5.10 Å². The Morgan fingerprint density at radius 2 is 2.10 bits per heavy atom. The molecule has 21 heavy (non-hydrogen) atoms. The first kappa shape index (κ1) is 15.2. The van der Waals surface area contributed by atoms with Crippen molar-refractivity contribution >= 4 is 5.91 Å². The normalized spacial score (nSPS) is 10.6. The zero-order valence-corrected chi connectivity index (χ0v) is 12.3. The zero-order valence-electron chi connectivity index (χ0n) is 12.3. The van der Waals surface area contributed by atoms with Crippen LogP contribution in [0.15, 0.2) is 36.5 Å². The molecule has 0 spiro atoms. The zero-order chi connectivity index (χ0) is 15.1. The quantitative estimate of drug-likeness (QED) is 0.818. The Morgan fingerprint density at radius 3 is 2.71 bits per heavy atom. The summed E-state index contributed by atoms with van der Waals surface area (Å²) in [6.07, 6.45) is 2.56. The standard InChI is InChI=1S/C15H21N5O/c1-2-19(9-8-13-6-4-3-5-7-13)15(21)12-20-11-14(10-16)17-18-20/h3-7,11H,2,8-10,12,16H2,1H3. The molecule has 0 unspecified atom stereocenters. The Bertz CT molecular complexity index is 566. The summed E-state index contributed by atoms with van der Waals surface area (Å²) in [7, 11) is 0. The summed E-state index contributed by atoms with van der Waals surface area (Å²) < 4.78 is 1.54. The van der Waals surface area contributed by atoms with Crippen molar-refractivity contribution in [3.8, 4) is 0 Å². The minimum absolute atomic E-state index is 0.0434. The van der Waals surface area contributed by atoms with Crippen LogP contribution in [0.25, 0.3) is 0 Å². The molecule has 0 radical (unpaired) electrons. The molecule has 0 saturated heterocycles. The van der Waals surface area contributed by atoms with Gasteiger partial charge in [0.2, 0.25) is 5.91 Å². The van der Waals surface area contributed by atoms with Crippen LogP contribution in [-0.4, -0.2) is 38.9 Å². The minimum atomic E-state index is 0.0434. The SMILES string of the molecule is CCN(CCc1ccccc1)C(=O)Cn1cc(CN)nn1. The third-order valence-electron chi connectivity index (χ3n) is 3.34. The van der Waals surface area contributed by atoms with E-state index in [-0.39, 0.29) is 12.5 Å². The van der Waals surface area contributed by atoms with Gasteiger partial charge in [-0.2, -0.15) is 0 Å². The van der Waals surface area contributed by atoms with Gasteiger partial charge >= 0.3 is 0 Å². The number of likely N-dealkylation sites (N-methyl/N-ethyl adjacent to an activating group) is 1. The number of hydrogen-bond donors (Lipinski definition) is 1. The molecule has 1 aromatic heterocycles. The van der Waals surface area contributed by atoms with E-state index in [2.05, 4.69) is 22.4 Å². The van der Waals surface area contributed by atoms with E-state index < -0.39 is 0 Å². The van der Waals surface area contributed by atoms with Crippen molar-refractivity contribution in [1.29, 1.82) is 0 Å².